The molecule has 0 radical (unpaired) electrons. The lowest BCUT2D eigenvalue weighted by atomic mass is 9.99. The van der Waals surface area contributed by atoms with Gasteiger partial charge >= 0.3 is 5.97 Å². The van der Waals surface area contributed by atoms with Crippen LogP contribution in [0.25, 0.3) is 0 Å². The van der Waals surface area contributed by atoms with Crippen LogP contribution in [0.2, 0.25) is 0 Å². The Balaban J connectivity index is 2.31. The predicted octanol–water partition coefficient (Wildman–Crippen LogP) is 1.40. The first-order valence-electron chi connectivity index (χ1n) is 6.69. The topological polar surface area (TPSA) is 110 Å². The zero-order valence-corrected chi connectivity index (χ0v) is 12.2. The first kappa shape index (κ1) is 15.7. The van der Waals surface area contributed by atoms with E-state index in [1.807, 2.05) is 0 Å². The fourth-order valence-electron chi connectivity index (χ4n) is 2.60. The fraction of sp³-hybridized carbons (Fsp3) is 0.429. The minimum absolute atomic E-state index is 0.0648. The number of nitro groups is 1. The van der Waals surface area contributed by atoms with Crippen molar-refractivity contribution in [1.82, 2.24) is 4.90 Å². The maximum absolute atomic E-state index is 12.5. The van der Waals surface area contributed by atoms with Gasteiger partial charge in [-0.3, -0.25) is 19.7 Å². The Kier molecular flexibility index (Phi) is 4.30. The van der Waals surface area contributed by atoms with E-state index in [9.17, 15) is 19.7 Å². The summed E-state index contributed by atoms with van der Waals surface area (Å²) >= 11 is 0. The monoisotopic (exact) mass is 308 g/mol. The number of aliphatic carboxylic acids is 1. The number of methoxy groups -OCH3 is 1. The number of non-ortho nitro benzene ring substituents is 1. The minimum atomic E-state index is -0.950. The maximum atomic E-state index is 12.5. The second kappa shape index (κ2) is 6.00. The lowest BCUT2D eigenvalue weighted by molar-refractivity contribution is -0.384. The van der Waals surface area contributed by atoms with Gasteiger partial charge < -0.3 is 14.7 Å². The highest BCUT2D eigenvalue weighted by Gasteiger charge is 2.38. The van der Waals surface area contributed by atoms with Crippen molar-refractivity contribution in [1.29, 1.82) is 0 Å². The van der Waals surface area contributed by atoms with Crippen molar-refractivity contribution >= 4 is 17.6 Å². The van der Waals surface area contributed by atoms with Gasteiger partial charge in [0.2, 0.25) is 0 Å². The molecule has 8 nitrogen and oxygen atoms in total. The van der Waals surface area contributed by atoms with E-state index in [2.05, 4.69) is 0 Å². The Morgan fingerprint density at radius 1 is 1.41 bits per heavy atom. The number of likely N-dealkylation sites (tertiary alicyclic amines) is 1. The van der Waals surface area contributed by atoms with Crippen molar-refractivity contribution in [3.8, 4) is 5.75 Å². The number of hydrogen-bond donors (Lipinski definition) is 1. The van der Waals surface area contributed by atoms with Gasteiger partial charge in [-0.25, -0.2) is 0 Å². The molecule has 0 bridgehead atoms. The average molecular weight is 308 g/mol. The highest BCUT2D eigenvalue weighted by atomic mass is 16.6. The summed E-state index contributed by atoms with van der Waals surface area (Å²) in [5, 5.41) is 20.0. The summed E-state index contributed by atoms with van der Waals surface area (Å²) in [6, 6.07) is 3.77. The normalized spacial score (nSPS) is 20.7. The largest absolute Gasteiger partial charge is 0.496 e. The standard InChI is InChI=1S/C14H16N2O6/c1-8-6-15(7-11(8)14(18)19)13(17)10-5-9(16(20)21)3-4-12(10)22-2/h3-5,8,11H,6-7H2,1-2H3,(H,18,19)/t8-,11-/m1/s1. The van der Waals surface area contributed by atoms with Crippen LogP contribution in [0.3, 0.4) is 0 Å². The van der Waals surface area contributed by atoms with Crippen molar-refractivity contribution < 1.29 is 24.4 Å². The summed E-state index contributed by atoms with van der Waals surface area (Å²) in [6.07, 6.45) is 0. The van der Waals surface area contributed by atoms with E-state index in [1.165, 1.54) is 24.1 Å². The smallest absolute Gasteiger partial charge is 0.308 e. The summed E-state index contributed by atoms with van der Waals surface area (Å²) in [4.78, 5) is 35.3. The fourth-order valence-corrected chi connectivity index (χ4v) is 2.60. The Hall–Kier alpha value is -2.64. The number of hydrogen-bond acceptors (Lipinski definition) is 5. The van der Waals surface area contributed by atoms with E-state index >= 15 is 0 Å². The second-order valence-corrected chi connectivity index (χ2v) is 5.27. The third kappa shape index (κ3) is 2.85. The van der Waals surface area contributed by atoms with E-state index < -0.39 is 22.7 Å². The quantitative estimate of drug-likeness (QED) is 0.665. The number of carboxylic acid groups (broad SMARTS) is 1. The number of amides is 1. The van der Waals surface area contributed by atoms with Crippen molar-refractivity contribution in [3.05, 3.63) is 33.9 Å². The molecule has 1 aliphatic heterocycles. The van der Waals surface area contributed by atoms with Gasteiger partial charge in [-0.05, 0) is 12.0 Å². The number of nitro benzene ring substituents is 1. The number of carboxylic acids is 1. The van der Waals surface area contributed by atoms with Crippen LogP contribution < -0.4 is 4.74 Å². The summed E-state index contributed by atoms with van der Waals surface area (Å²) < 4.78 is 5.08. The molecule has 1 aliphatic rings. The lowest BCUT2D eigenvalue weighted by Crippen LogP contribution is -2.30. The van der Waals surface area contributed by atoms with Gasteiger partial charge in [0.15, 0.2) is 0 Å². The molecule has 0 aromatic heterocycles. The van der Waals surface area contributed by atoms with E-state index in [-0.39, 0.29) is 29.5 Å². The SMILES string of the molecule is COc1ccc([N+](=O)[O-])cc1C(=O)N1C[C@@H](C)[C@H](C(=O)O)C1. The molecule has 0 saturated carbocycles. The molecule has 1 N–H and O–H groups in total. The van der Waals surface area contributed by atoms with Crippen LogP contribution in [0.15, 0.2) is 18.2 Å². The van der Waals surface area contributed by atoms with Crippen molar-refractivity contribution in [2.45, 2.75) is 6.92 Å². The molecule has 1 saturated heterocycles. The highest BCUT2D eigenvalue weighted by molar-refractivity contribution is 5.98. The molecule has 0 spiro atoms. The van der Waals surface area contributed by atoms with Gasteiger partial charge in [0, 0.05) is 25.2 Å². The molecule has 0 unspecified atom stereocenters. The number of ether oxygens (including phenoxy) is 1. The molecule has 118 valence electrons. The maximum Gasteiger partial charge on any atom is 0.308 e. The third-order valence-electron chi connectivity index (χ3n) is 3.84. The number of rotatable bonds is 4. The lowest BCUT2D eigenvalue weighted by Gasteiger charge is -2.17. The Labute approximate surface area is 126 Å². The van der Waals surface area contributed by atoms with Crippen LogP contribution in [0.1, 0.15) is 17.3 Å². The van der Waals surface area contributed by atoms with Gasteiger partial charge in [-0.1, -0.05) is 6.92 Å². The van der Waals surface area contributed by atoms with E-state index in [0.717, 1.165) is 6.07 Å². The first-order chi connectivity index (χ1) is 10.3. The molecule has 22 heavy (non-hydrogen) atoms. The van der Waals surface area contributed by atoms with Gasteiger partial charge in [0.25, 0.3) is 11.6 Å². The number of carbonyl (C=O) groups is 2. The van der Waals surface area contributed by atoms with Crippen LogP contribution in [-0.4, -0.2) is 47.0 Å². The molecule has 1 aromatic rings. The van der Waals surface area contributed by atoms with Crippen molar-refractivity contribution in [2.75, 3.05) is 20.2 Å². The third-order valence-corrected chi connectivity index (χ3v) is 3.84. The van der Waals surface area contributed by atoms with E-state index in [1.54, 1.807) is 6.92 Å². The summed E-state index contributed by atoms with van der Waals surface area (Å²) in [5.74, 6) is -1.99. The van der Waals surface area contributed by atoms with Gasteiger partial charge in [-0.2, -0.15) is 0 Å². The Morgan fingerprint density at radius 3 is 2.59 bits per heavy atom. The first-order valence-corrected chi connectivity index (χ1v) is 6.69. The molecule has 0 aliphatic carbocycles. The molecule has 1 aromatic carbocycles. The van der Waals surface area contributed by atoms with Crippen LogP contribution >= 0.6 is 0 Å². The molecule has 2 rings (SSSR count). The number of nitrogens with zero attached hydrogens (tertiary/aromatic N) is 2. The van der Waals surface area contributed by atoms with Crippen molar-refractivity contribution in [3.63, 3.8) is 0 Å². The summed E-state index contributed by atoms with van der Waals surface area (Å²) in [7, 11) is 1.37. The number of carbonyl (C=O) groups excluding carboxylic acids is 1. The molecule has 2 atom stereocenters. The minimum Gasteiger partial charge on any atom is -0.496 e. The zero-order chi connectivity index (χ0) is 16.4. The average Bonchev–Trinajstić information content (AvgIpc) is 2.87. The molecule has 1 amide bonds. The summed E-state index contributed by atoms with van der Waals surface area (Å²) in [6.45, 7) is 2.14. The van der Waals surface area contributed by atoms with Crippen LogP contribution in [-0.2, 0) is 4.79 Å². The van der Waals surface area contributed by atoms with Crippen LogP contribution in [0, 0.1) is 22.0 Å². The summed E-state index contributed by atoms with van der Waals surface area (Å²) in [5.41, 5.74) is -0.152. The Morgan fingerprint density at radius 2 is 2.09 bits per heavy atom. The Bertz CT molecular complexity index is 630. The predicted molar refractivity (Wildman–Crippen MR) is 75.8 cm³/mol. The van der Waals surface area contributed by atoms with E-state index in [4.69, 9.17) is 9.84 Å². The van der Waals surface area contributed by atoms with E-state index in [0.29, 0.717) is 6.54 Å². The number of benzene rings is 1. The second-order valence-electron chi connectivity index (χ2n) is 5.27. The zero-order valence-electron chi connectivity index (χ0n) is 12.2. The van der Waals surface area contributed by atoms with Gasteiger partial charge in [0.1, 0.15) is 5.75 Å². The molecule has 8 heteroatoms. The molecular weight excluding hydrogens is 292 g/mol. The highest BCUT2D eigenvalue weighted by Crippen LogP contribution is 2.29. The molecular formula is C14H16N2O6. The van der Waals surface area contributed by atoms with Gasteiger partial charge in [-0.15, -0.1) is 0 Å². The van der Waals surface area contributed by atoms with Crippen LogP contribution in [0.4, 0.5) is 5.69 Å². The molecule has 1 fully saturated rings. The van der Waals surface area contributed by atoms with Crippen molar-refractivity contribution in [2.24, 2.45) is 11.8 Å². The molecule has 1 heterocycles. The van der Waals surface area contributed by atoms with Gasteiger partial charge in [0.05, 0.1) is 23.5 Å². The van der Waals surface area contributed by atoms with Crippen LogP contribution in [0.5, 0.6) is 5.75 Å².